The first-order chi connectivity index (χ1) is 13.3. The normalized spacial score (nSPS) is 20.0. The minimum atomic E-state index is 0.497. The van der Waals surface area contributed by atoms with E-state index in [0.717, 1.165) is 84.1 Å². The number of anilines is 1. The third kappa shape index (κ3) is 6.97. The smallest absolute Gasteiger partial charge is 0.191 e. The lowest BCUT2D eigenvalue weighted by atomic mass is 10.0. The van der Waals surface area contributed by atoms with E-state index in [0.29, 0.717) is 12.0 Å². The van der Waals surface area contributed by atoms with E-state index in [1.807, 2.05) is 18.4 Å². The number of aliphatic imine (C=N–C) groups is 1. The van der Waals surface area contributed by atoms with Gasteiger partial charge >= 0.3 is 0 Å². The van der Waals surface area contributed by atoms with Gasteiger partial charge in [-0.25, -0.2) is 0 Å². The summed E-state index contributed by atoms with van der Waals surface area (Å²) >= 11 is 1.83. The molecule has 2 aliphatic heterocycles. The molecule has 0 bridgehead atoms. The standard InChI is InChI=1S/C20H34N4O2S/c1-21-20(22-9-3-12-26-16-17-7-13-25-14-8-17)23-18-5-10-24(11-6-18)19-4-2-15-27-19/h2,4,15,17-18H,3,5-14,16H2,1H3,(H2,21,22,23). The maximum Gasteiger partial charge on any atom is 0.191 e. The second kappa shape index (κ2) is 11.5. The van der Waals surface area contributed by atoms with Gasteiger partial charge in [-0.15, -0.1) is 11.3 Å². The zero-order valence-corrected chi connectivity index (χ0v) is 17.3. The van der Waals surface area contributed by atoms with E-state index in [4.69, 9.17) is 9.47 Å². The Morgan fingerprint density at radius 1 is 1.30 bits per heavy atom. The fourth-order valence-corrected chi connectivity index (χ4v) is 4.41. The third-order valence-corrected chi connectivity index (χ3v) is 6.26. The van der Waals surface area contributed by atoms with Gasteiger partial charge < -0.3 is 25.0 Å². The first-order valence-electron chi connectivity index (χ1n) is 10.3. The van der Waals surface area contributed by atoms with E-state index < -0.39 is 0 Å². The van der Waals surface area contributed by atoms with Gasteiger partial charge in [0.2, 0.25) is 0 Å². The Balaban J connectivity index is 1.24. The van der Waals surface area contributed by atoms with Crippen molar-refractivity contribution in [1.82, 2.24) is 10.6 Å². The average molecular weight is 395 g/mol. The fourth-order valence-electron chi connectivity index (χ4n) is 3.63. The highest BCUT2D eigenvalue weighted by Gasteiger charge is 2.20. The summed E-state index contributed by atoms with van der Waals surface area (Å²) in [7, 11) is 1.84. The van der Waals surface area contributed by atoms with Crippen molar-refractivity contribution in [2.75, 3.05) is 58.0 Å². The van der Waals surface area contributed by atoms with E-state index in [2.05, 4.69) is 38.0 Å². The highest BCUT2D eigenvalue weighted by Crippen LogP contribution is 2.24. The summed E-state index contributed by atoms with van der Waals surface area (Å²) in [4.78, 5) is 6.85. The van der Waals surface area contributed by atoms with Crippen molar-refractivity contribution in [3.63, 3.8) is 0 Å². The molecule has 1 aromatic rings. The van der Waals surface area contributed by atoms with Gasteiger partial charge in [0.1, 0.15) is 0 Å². The molecule has 3 heterocycles. The number of guanidine groups is 1. The van der Waals surface area contributed by atoms with Crippen LogP contribution in [0, 0.1) is 5.92 Å². The molecular weight excluding hydrogens is 360 g/mol. The molecule has 27 heavy (non-hydrogen) atoms. The Morgan fingerprint density at radius 3 is 2.81 bits per heavy atom. The Kier molecular flexibility index (Phi) is 8.71. The number of hydrogen-bond acceptors (Lipinski definition) is 5. The second-order valence-corrected chi connectivity index (χ2v) is 8.27. The zero-order chi connectivity index (χ0) is 18.7. The van der Waals surface area contributed by atoms with Crippen molar-refractivity contribution in [2.24, 2.45) is 10.9 Å². The lowest BCUT2D eigenvalue weighted by Gasteiger charge is -2.33. The van der Waals surface area contributed by atoms with Crippen LogP contribution in [0.4, 0.5) is 5.00 Å². The largest absolute Gasteiger partial charge is 0.381 e. The van der Waals surface area contributed by atoms with Crippen molar-refractivity contribution in [1.29, 1.82) is 0 Å². The highest BCUT2D eigenvalue weighted by molar-refractivity contribution is 7.14. The number of rotatable bonds is 8. The molecule has 0 atom stereocenters. The van der Waals surface area contributed by atoms with Crippen molar-refractivity contribution in [3.8, 4) is 0 Å². The fraction of sp³-hybridized carbons (Fsp3) is 0.750. The van der Waals surface area contributed by atoms with Gasteiger partial charge in [-0.05, 0) is 55.5 Å². The van der Waals surface area contributed by atoms with Gasteiger partial charge in [-0.2, -0.15) is 0 Å². The monoisotopic (exact) mass is 394 g/mol. The van der Waals surface area contributed by atoms with Gasteiger partial charge in [0, 0.05) is 59.2 Å². The summed E-state index contributed by atoms with van der Waals surface area (Å²) in [6, 6.07) is 4.84. The maximum atomic E-state index is 5.83. The predicted molar refractivity (Wildman–Crippen MR) is 113 cm³/mol. The molecular formula is C20H34N4O2S. The van der Waals surface area contributed by atoms with Crippen LogP contribution in [0.1, 0.15) is 32.1 Å². The molecule has 0 amide bonds. The summed E-state index contributed by atoms with van der Waals surface area (Å²) in [6.07, 6.45) is 5.57. The highest BCUT2D eigenvalue weighted by atomic mass is 32.1. The average Bonchev–Trinajstić information content (AvgIpc) is 3.26. The summed E-state index contributed by atoms with van der Waals surface area (Å²) < 4.78 is 11.2. The Morgan fingerprint density at radius 2 is 2.11 bits per heavy atom. The summed E-state index contributed by atoms with van der Waals surface area (Å²) in [5, 5.41) is 10.5. The quantitative estimate of drug-likeness (QED) is 0.403. The molecule has 0 saturated carbocycles. The van der Waals surface area contributed by atoms with Crippen molar-refractivity contribution >= 4 is 22.3 Å². The molecule has 7 heteroatoms. The number of nitrogens with one attached hydrogen (secondary N) is 2. The minimum absolute atomic E-state index is 0.497. The number of nitrogens with zero attached hydrogens (tertiary/aromatic N) is 2. The van der Waals surface area contributed by atoms with E-state index in [1.165, 1.54) is 5.00 Å². The number of hydrogen-bond donors (Lipinski definition) is 2. The van der Waals surface area contributed by atoms with Crippen LogP contribution in [0.15, 0.2) is 22.5 Å². The third-order valence-electron chi connectivity index (χ3n) is 5.33. The van der Waals surface area contributed by atoms with Crippen LogP contribution in [0.5, 0.6) is 0 Å². The molecule has 2 saturated heterocycles. The SMILES string of the molecule is CN=C(NCCCOCC1CCOCC1)NC1CCN(c2cccs2)CC1. The van der Waals surface area contributed by atoms with Crippen LogP contribution in [0.25, 0.3) is 0 Å². The van der Waals surface area contributed by atoms with Gasteiger partial charge in [-0.1, -0.05) is 0 Å². The molecule has 0 aromatic carbocycles. The molecule has 0 unspecified atom stereocenters. The van der Waals surface area contributed by atoms with Crippen molar-refractivity contribution in [2.45, 2.75) is 38.1 Å². The van der Waals surface area contributed by atoms with Gasteiger partial charge in [-0.3, -0.25) is 4.99 Å². The van der Waals surface area contributed by atoms with Gasteiger partial charge in [0.15, 0.2) is 5.96 Å². The first-order valence-corrected chi connectivity index (χ1v) is 11.1. The molecule has 2 N–H and O–H groups in total. The zero-order valence-electron chi connectivity index (χ0n) is 16.5. The van der Waals surface area contributed by atoms with E-state index in [9.17, 15) is 0 Å². The Labute approximate surface area is 167 Å². The first kappa shape index (κ1) is 20.4. The van der Waals surface area contributed by atoms with E-state index >= 15 is 0 Å². The van der Waals surface area contributed by atoms with E-state index in [-0.39, 0.29) is 0 Å². The second-order valence-electron chi connectivity index (χ2n) is 7.34. The minimum Gasteiger partial charge on any atom is -0.381 e. The number of ether oxygens (including phenoxy) is 2. The summed E-state index contributed by atoms with van der Waals surface area (Å²) in [6.45, 7) is 6.57. The number of piperidine rings is 1. The molecule has 3 rings (SSSR count). The predicted octanol–water partition coefficient (Wildman–Crippen LogP) is 2.72. The van der Waals surface area contributed by atoms with Crippen LogP contribution >= 0.6 is 11.3 Å². The lowest BCUT2D eigenvalue weighted by molar-refractivity contribution is 0.0203. The molecule has 0 spiro atoms. The Bertz CT molecular complexity index is 538. The molecule has 0 aliphatic carbocycles. The Hall–Kier alpha value is -1.31. The van der Waals surface area contributed by atoms with E-state index in [1.54, 1.807) is 0 Å². The number of thiophene rings is 1. The van der Waals surface area contributed by atoms with Crippen LogP contribution in [-0.4, -0.2) is 65.1 Å². The van der Waals surface area contributed by atoms with Crippen LogP contribution in [0.2, 0.25) is 0 Å². The summed E-state index contributed by atoms with van der Waals surface area (Å²) in [5.41, 5.74) is 0. The van der Waals surface area contributed by atoms with Crippen molar-refractivity contribution < 1.29 is 9.47 Å². The van der Waals surface area contributed by atoms with Gasteiger partial charge in [0.25, 0.3) is 0 Å². The van der Waals surface area contributed by atoms with Gasteiger partial charge in [0.05, 0.1) is 5.00 Å². The molecule has 152 valence electrons. The summed E-state index contributed by atoms with van der Waals surface area (Å²) in [5.74, 6) is 1.59. The maximum absolute atomic E-state index is 5.83. The lowest BCUT2D eigenvalue weighted by Crippen LogP contribution is -2.48. The molecule has 6 nitrogen and oxygen atoms in total. The van der Waals surface area contributed by atoms with Crippen molar-refractivity contribution in [3.05, 3.63) is 17.5 Å². The molecule has 2 fully saturated rings. The van der Waals surface area contributed by atoms with Crippen LogP contribution in [0.3, 0.4) is 0 Å². The van der Waals surface area contributed by atoms with Crippen LogP contribution < -0.4 is 15.5 Å². The molecule has 0 radical (unpaired) electrons. The van der Waals surface area contributed by atoms with Crippen LogP contribution in [-0.2, 0) is 9.47 Å². The molecule has 1 aromatic heterocycles. The topological polar surface area (TPSA) is 58.1 Å². The molecule has 2 aliphatic rings.